The molecule has 1 heterocycles. The SMILES string of the molecule is Nc1cc2c(cc1Nc1ccc(F)cc1F)OCCO2. The summed E-state index contributed by atoms with van der Waals surface area (Å²) in [6.45, 7) is 0.910. The summed E-state index contributed by atoms with van der Waals surface area (Å²) in [5.41, 5.74) is 6.87. The number of nitrogen functional groups attached to an aromatic ring is 1. The number of anilines is 3. The Kier molecular flexibility index (Phi) is 3.06. The second-order valence-electron chi connectivity index (χ2n) is 4.33. The highest BCUT2D eigenvalue weighted by Gasteiger charge is 2.15. The van der Waals surface area contributed by atoms with E-state index < -0.39 is 11.6 Å². The average molecular weight is 278 g/mol. The molecule has 2 aromatic rings. The molecule has 0 bridgehead atoms. The summed E-state index contributed by atoms with van der Waals surface area (Å²) < 4.78 is 37.3. The molecule has 3 rings (SSSR count). The second kappa shape index (κ2) is 4.88. The van der Waals surface area contributed by atoms with Gasteiger partial charge in [-0.1, -0.05) is 0 Å². The summed E-state index contributed by atoms with van der Waals surface area (Å²) >= 11 is 0. The van der Waals surface area contributed by atoms with Crippen molar-refractivity contribution in [3.8, 4) is 11.5 Å². The van der Waals surface area contributed by atoms with E-state index in [2.05, 4.69) is 5.32 Å². The minimum absolute atomic E-state index is 0.134. The zero-order valence-corrected chi connectivity index (χ0v) is 10.5. The molecule has 20 heavy (non-hydrogen) atoms. The summed E-state index contributed by atoms with van der Waals surface area (Å²) in [5.74, 6) is -0.239. The van der Waals surface area contributed by atoms with E-state index in [4.69, 9.17) is 15.2 Å². The van der Waals surface area contributed by atoms with Crippen LogP contribution in [0.5, 0.6) is 11.5 Å². The van der Waals surface area contributed by atoms with Gasteiger partial charge in [0, 0.05) is 18.2 Å². The van der Waals surface area contributed by atoms with E-state index in [9.17, 15) is 8.78 Å². The lowest BCUT2D eigenvalue weighted by atomic mass is 10.2. The van der Waals surface area contributed by atoms with Gasteiger partial charge in [-0.25, -0.2) is 8.78 Å². The van der Waals surface area contributed by atoms with Crippen molar-refractivity contribution in [3.63, 3.8) is 0 Å². The third-order valence-corrected chi connectivity index (χ3v) is 2.91. The van der Waals surface area contributed by atoms with Crippen LogP contribution in [0.1, 0.15) is 0 Å². The minimum atomic E-state index is -0.695. The number of benzene rings is 2. The lowest BCUT2D eigenvalue weighted by molar-refractivity contribution is 0.172. The second-order valence-corrected chi connectivity index (χ2v) is 4.33. The van der Waals surface area contributed by atoms with Crippen LogP contribution in [0.2, 0.25) is 0 Å². The van der Waals surface area contributed by atoms with Crippen LogP contribution in [0.4, 0.5) is 25.8 Å². The maximum absolute atomic E-state index is 13.6. The molecule has 1 aliphatic heterocycles. The number of nitrogens with one attached hydrogen (secondary N) is 1. The van der Waals surface area contributed by atoms with Gasteiger partial charge in [-0.2, -0.15) is 0 Å². The van der Waals surface area contributed by atoms with E-state index in [0.29, 0.717) is 36.1 Å². The van der Waals surface area contributed by atoms with Crippen molar-refractivity contribution in [2.45, 2.75) is 0 Å². The fourth-order valence-electron chi connectivity index (χ4n) is 1.95. The number of hydrogen-bond donors (Lipinski definition) is 2. The van der Waals surface area contributed by atoms with E-state index in [1.165, 1.54) is 12.1 Å². The maximum atomic E-state index is 13.6. The van der Waals surface area contributed by atoms with Crippen LogP contribution in [-0.4, -0.2) is 13.2 Å². The standard InChI is InChI=1S/C14H12F2N2O2/c15-8-1-2-11(9(16)5-8)18-12-7-14-13(6-10(12)17)19-3-4-20-14/h1-2,5-7,18H,3-4,17H2. The van der Waals surface area contributed by atoms with Gasteiger partial charge in [0.05, 0.1) is 17.1 Å². The molecule has 0 spiro atoms. The predicted molar refractivity (Wildman–Crippen MR) is 71.5 cm³/mol. The number of ether oxygens (including phenoxy) is 2. The van der Waals surface area contributed by atoms with Crippen LogP contribution < -0.4 is 20.5 Å². The van der Waals surface area contributed by atoms with Crippen molar-refractivity contribution in [1.82, 2.24) is 0 Å². The molecule has 0 amide bonds. The van der Waals surface area contributed by atoms with Crippen molar-refractivity contribution in [3.05, 3.63) is 42.0 Å². The van der Waals surface area contributed by atoms with Crippen molar-refractivity contribution < 1.29 is 18.3 Å². The molecule has 0 atom stereocenters. The van der Waals surface area contributed by atoms with Gasteiger partial charge >= 0.3 is 0 Å². The highest BCUT2D eigenvalue weighted by atomic mass is 19.1. The predicted octanol–water partition coefficient (Wildman–Crippen LogP) is 3.06. The van der Waals surface area contributed by atoms with Gasteiger partial charge in [-0.05, 0) is 12.1 Å². The third-order valence-electron chi connectivity index (χ3n) is 2.91. The molecule has 104 valence electrons. The topological polar surface area (TPSA) is 56.5 Å². The fourth-order valence-corrected chi connectivity index (χ4v) is 1.95. The lowest BCUT2D eigenvalue weighted by Crippen LogP contribution is -2.15. The molecule has 0 fully saturated rings. The van der Waals surface area contributed by atoms with E-state index >= 15 is 0 Å². The quantitative estimate of drug-likeness (QED) is 0.829. The highest BCUT2D eigenvalue weighted by Crippen LogP contribution is 2.38. The lowest BCUT2D eigenvalue weighted by Gasteiger charge is -2.20. The Labute approximate surface area is 114 Å². The van der Waals surface area contributed by atoms with Crippen molar-refractivity contribution in [2.75, 3.05) is 24.3 Å². The van der Waals surface area contributed by atoms with Gasteiger partial charge in [0.15, 0.2) is 11.5 Å². The van der Waals surface area contributed by atoms with E-state index in [0.717, 1.165) is 6.07 Å². The Morgan fingerprint density at radius 2 is 1.65 bits per heavy atom. The zero-order chi connectivity index (χ0) is 14.1. The first-order valence-corrected chi connectivity index (χ1v) is 6.04. The first-order valence-electron chi connectivity index (χ1n) is 6.04. The molecule has 0 unspecified atom stereocenters. The first kappa shape index (κ1) is 12.5. The van der Waals surface area contributed by atoms with E-state index in [-0.39, 0.29) is 5.69 Å². The molecular weight excluding hydrogens is 266 g/mol. The van der Waals surface area contributed by atoms with E-state index in [1.54, 1.807) is 12.1 Å². The first-order chi connectivity index (χ1) is 9.63. The average Bonchev–Trinajstić information content (AvgIpc) is 2.42. The summed E-state index contributed by atoms with van der Waals surface area (Å²) in [6, 6.07) is 6.52. The third kappa shape index (κ3) is 2.32. The summed E-state index contributed by atoms with van der Waals surface area (Å²) in [4.78, 5) is 0. The van der Waals surface area contributed by atoms with Crippen LogP contribution in [0.25, 0.3) is 0 Å². The summed E-state index contributed by atoms with van der Waals surface area (Å²) in [6.07, 6.45) is 0. The van der Waals surface area contributed by atoms with Gasteiger partial charge in [0.1, 0.15) is 24.8 Å². The van der Waals surface area contributed by atoms with Crippen LogP contribution in [0.3, 0.4) is 0 Å². The molecule has 4 nitrogen and oxygen atoms in total. The normalized spacial score (nSPS) is 13.1. The number of hydrogen-bond acceptors (Lipinski definition) is 4. The molecule has 0 aromatic heterocycles. The van der Waals surface area contributed by atoms with E-state index in [1.807, 2.05) is 0 Å². The Morgan fingerprint density at radius 1 is 0.950 bits per heavy atom. The van der Waals surface area contributed by atoms with Crippen molar-refractivity contribution >= 4 is 17.1 Å². The van der Waals surface area contributed by atoms with Gasteiger partial charge < -0.3 is 20.5 Å². The van der Waals surface area contributed by atoms with Crippen LogP contribution in [-0.2, 0) is 0 Å². The molecule has 0 radical (unpaired) electrons. The Bertz CT molecular complexity index is 662. The summed E-state index contributed by atoms with van der Waals surface area (Å²) in [5, 5.41) is 2.82. The maximum Gasteiger partial charge on any atom is 0.163 e. The monoisotopic (exact) mass is 278 g/mol. The van der Waals surface area contributed by atoms with Crippen LogP contribution >= 0.6 is 0 Å². The molecule has 2 aromatic carbocycles. The minimum Gasteiger partial charge on any atom is -0.486 e. The number of halogens is 2. The van der Waals surface area contributed by atoms with Crippen molar-refractivity contribution in [1.29, 1.82) is 0 Å². The Hall–Kier alpha value is -2.50. The molecule has 6 heteroatoms. The molecule has 0 aliphatic carbocycles. The highest BCUT2D eigenvalue weighted by molar-refractivity contribution is 5.76. The van der Waals surface area contributed by atoms with Crippen molar-refractivity contribution in [2.24, 2.45) is 0 Å². The fraction of sp³-hybridized carbons (Fsp3) is 0.143. The van der Waals surface area contributed by atoms with Gasteiger partial charge in [0.2, 0.25) is 0 Å². The molecular formula is C14H12F2N2O2. The Balaban J connectivity index is 1.94. The number of nitrogens with two attached hydrogens (primary N) is 1. The zero-order valence-electron chi connectivity index (χ0n) is 10.5. The van der Waals surface area contributed by atoms with Crippen LogP contribution in [0, 0.1) is 11.6 Å². The molecule has 3 N–H and O–H groups in total. The largest absolute Gasteiger partial charge is 0.486 e. The van der Waals surface area contributed by atoms with Gasteiger partial charge in [-0.15, -0.1) is 0 Å². The van der Waals surface area contributed by atoms with Crippen LogP contribution in [0.15, 0.2) is 30.3 Å². The number of rotatable bonds is 2. The Morgan fingerprint density at radius 3 is 2.35 bits per heavy atom. The van der Waals surface area contributed by atoms with Gasteiger partial charge in [-0.3, -0.25) is 0 Å². The molecule has 1 aliphatic rings. The number of fused-ring (bicyclic) bond motifs is 1. The van der Waals surface area contributed by atoms with Gasteiger partial charge in [0.25, 0.3) is 0 Å². The summed E-state index contributed by atoms with van der Waals surface area (Å²) in [7, 11) is 0. The molecule has 0 saturated carbocycles. The smallest absolute Gasteiger partial charge is 0.163 e. The molecule has 0 saturated heterocycles.